The molecule has 3 N–H and O–H groups in total. The van der Waals surface area contributed by atoms with Crippen molar-refractivity contribution in [1.82, 2.24) is 10.4 Å². The molecule has 0 unspecified atom stereocenters. The lowest BCUT2D eigenvalue weighted by Gasteiger charge is -2.12. The normalized spacial score (nSPS) is 11.1. The van der Waals surface area contributed by atoms with Crippen LogP contribution in [0.2, 0.25) is 10.0 Å². The molecule has 0 saturated heterocycles. The number of carbonyl (C=O) groups is 1. The first kappa shape index (κ1) is 14.1. The molecule has 0 radical (unpaired) electrons. The predicted molar refractivity (Wildman–Crippen MR) is 77.5 cm³/mol. The number of hydrogen-bond donors (Lipinski definition) is 2. The van der Waals surface area contributed by atoms with Crippen LogP contribution < -0.4 is 11.3 Å². The van der Waals surface area contributed by atoms with Crippen molar-refractivity contribution in [2.24, 2.45) is 5.84 Å². The Balaban J connectivity index is 2.86. The first-order chi connectivity index (χ1) is 8.93. The summed E-state index contributed by atoms with van der Waals surface area (Å²) in [4.78, 5) is 16.4. The fourth-order valence-corrected chi connectivity index (χ4v) is 2.37. The molecule has 1 aromatic carbocycles. The average molecular weight is 298 g/mol. The Kier molecular flexibility index (Phi) is 3.94. The van der Waals surface area contributed by atoms with Crippen molar-refractivity contribution < 1.29 is 4.79 Å². The Bertz CT molecular complexity index is 656. The summed E-state index contributed by atoms with van der Waals surface area (Å²) in [5.74, 6) is 4.98. The molecule has 4 nitrogen and oxygen atoms in total. The van der Waals surface area contributed by atoms with Crippen LogP contribution in [0.4, 0.5) is 0 Å². The molecule has 100 valence electrons. The number of aromatic nitrogens is 1. The van der Waals surface area contributed by atoms with Gasteiger partial charge in [-0.2, -0.15) is 0 Å². The Morgan fingerprint density at radius 3 is 2.58 bits per heavy atom. The van der Waals surface area contributed by atoms with E-state index in [4.69, 9.17) is 29.0 Å². The predicted octanol–water partition coefficient (Wildman–Crippen LogP) is 3.27. The summed E-state index contributed by atoms with van der Waals surface area (Å²) >= 11 is 12.1. The third-order valence-electron chi connectivity index (χ3n) is 2.82. The molecule has 19 heavy (non-hydrogen) atoms. The first-order valence-corrected chi connectivity index (χ1v) is 6.50. The molecule has 0 saturated carbocycles. The molecule has 0 atom stereocenters. The van der Waals surface area contributed by atoms with Gasteiger partial charge in [-0.1, -0.05) is 37.0 Å². The minimum absolute atomic E-state index is 0.167. The third kappa shape index (κ3) is 2.66. The van der Waals surface area contributed by atoms with Gasteiger partial charge >= 0.3 is 0 Å². The molecule has 2 rings (SSSR count). The number of carbonyl (C=O) groups excluding carboxylic acids is 1. The van der Waals surface area contributed by atoms with Crippen LogP contribution in [0.25, 0.3) is 10.9 Å². The second-order valence-electron chi connectivity index (χ2n) is 4.51. The van der Waals surface area contributed by atoms with Gasteiger partial charge in [0.1, 0.15) is 0 Å². The SMILES string of the molecule is CC(C)c1cc(C(=O)NN)c2cc(Cl)cc(Cl)c2n1. The zero-order chi connectivity index (χ0) is 14.2. The summed E-state index contributed by atoms with van der Waals surface area (Å²) in [6, 6.07) is 4.97. The maximum atomic E-state index is 11.9. The smallest absolute Gasteiger partial charge is 0.265 e. The second kappa shape index (κ2) is 5.33. The molecule has 2 aromatic rings. The number of benzene rings is 1. The highest BCUT2D eigenvalue weighted by atomic mass is 35.5. The van der Waals surface area contributed by atoms with Gasteiger partial charge < -0.3 is 0 Å². The van der Waals surface area contributed by atoms with E-state index in [1.807, 2.05) is 13.8 Å². The van der Waals surface area contributed by atoms with Crippen LogP contribution in [-0.4, -0.2) is 10.9 Å². The largest absolute Gasteiger partial charge is 0.290 e. The van der Waals surface area contributed by atoms with Crippen LogP contribution in [0.5, 0.6) is 0 Å². The van der Waals surface area contributed by atoms with Crippen molar-refractivity contribution >= 4 is 40.0 Å². The van der Waals surface area contributed by atoms with E-state index in [-0.39, 0.29) is 5.92 Å². The van der Waals surface area contributed by atoms with Gasteiger partial charge in [-0.15, -0.1) is 0 Å². The van der Waals surface area contributed by atoms with Gasteiger partial charge in [0, 0.05) is 16.1 Å². The zero-order valence-electron chi connectivity index (χ0n) is 10.5. The number of hydrazine groups is 1. The monoisotopic (exact) mass is 297 g/mol. The van der Waals surface area contributed by atoms with Gasteiger partial charge in [-0.3, -0.25) is 15.2 Å². The highest BCUT2D eigenvalue weighted by molar-refractivity contribution is 6.38. The lowest BCUT2D eigenvalue weighted by molar-refractivity contribution is 0.0955. The van der Waals surface area contributed by atoms with Gasteiger partial charge in [0.2, 0.25) is 0 Å². The van der Waals surface area contributed by atoms with Crippen molar-refractivity contribution in [3.8, 4) is 0 Å². The lowest BCUT2D eigenvalue weighted by atomic mass is 10.0. The Morgan fingerprint density at radius 2 is 2.00 bits per heavy atom. The van der Waals surface area contributed by atoms with Gasteiger partial charge in [-0.25, -0.2) is 5.84 Å². The Morgan fingerprint density at radius 1 is 1.32 bits per heavy atom. The summed E-state index contributed by atoms with van der Waals surface area (Å²) in [6.45, 7) is 3.98. The second-order valence-corrected chi connectivity index (χ2v) is 5.35. The topological polar surface area (TPSA) is 68.0 Å². The van der Waals surface area contributed by atoms with Crippen molar-refractivity contribution in [3.63, 3.8) is 0 Å². The number of nitrogens with zero attached hydrogens (tertiary/aromatic N) is 1. The number of hydrogen-bond acceptors (Lipinski definition) is 3. The standard InChI is InChI=1S/C13H13Cl2N3O/c1-6(2)11-5-9(13(19)18-16)8-3-7(14)4-10(15)12(8)17-11/h3-6H,16H2,1-2H3,(H,18,19). The Labute approximate surface area is 120 Å². The van der Waals surface area contributed by atoms with E-state index in [0.29, 0.717) is 26.5 Å². The van der Waals surface area contributed by atoms with Crippen LogP contribution in [0.3, 0.4) is 0 Å². The van der Waals surface area contributed by atoms with Crippen LogP contribution in [0.1, 0.15) is 35.8 Å². The fourth-order valence-electron chi connectivity index (χ4n) is 1.83. The zero-order valence-corrected chi connectivity index (χ0v) is 12.0. The molecule has 0 aliphatic rings. The molecule has 1 heterocycles. The van der Waals surface area contributed by atoms with Gasteiger partial charge in [0.25, 0.3) is 5.91 Å². The molecule has 0 spiro atoms. The number of amides is 1. The number of pyridine rings is 1. The lowest BCUT2D eigenvalue weighted by Crippen LogP contribution is -2.30. The van der Waals surface area contributed by atoms with E-state index in [1.54, 1.807) is 18.2 Å². The molecule has 6 heteroatoms. The van der Waals surface area contributed by atoms with E-state index in [9.17, 15) is 4.79 Å². The summed E-state index contributed by atoms with van der Waals surface area (Å²) < 4.78 is 0. The van der Waals surface area contributed by atoms with Crippen molar-refractivity contribution in [3.05, 3.63) is 39.5 Å². The van der Waals surface area contributed by atoms with E-state index < -0.39 is 5.91 Å². The van der Waals surface area contributed by atoms with E-state index in [1.165, 1.54) is 0 Å². The van der Waals surface area contributed by atoms with Crippen LogP contribution >= 0.6 is 23.2 Å². The molecule has 0 bridgehead atoms. The third-order valence-corrected chi connectivity index (χ3v) is 3.33. The highest BCUT2D eigenvalue weighted by Gasteiger charge is 2.16. The van der Waals surface area contributed by atoms with Crippen molar-refractivity contribution in [1.29, 1.82) is 0 Å². The maximum absolute atomic E-state index is 11.9. The number of rotatable bonds is 2. The van der Waals surface area contributed by atoms with Crippen molar-refractivity contribution in [2.75, 3.05) is 0 Å². The minimum atomic E-state index is -0.396. The average Bonchev–Trinajstić information content (AvgIpc) is 2.36. The maximum Gasteiger partial charge on any atom is 0.265 e. The summed E-state index contributed by atoms with van der Waals surface area (Å²) in [5, 5.41) is 1.45. The number of nitrogen functional groups attached to an aromatic ring is 1. The van der Waals surface area contributed by atoms with Crippen LogP contribution in [0, 0.1) is 0 Å². The van der Waals surface area contributed by atoms with E-state index in [0.717, 1.165) is 5.69 Å². The van der Waals surface area contributed by atoms with Crippen molar-refractivity contribution in [2.45, 2.75) is 19.8 Å². The van der Waals surface area contributed by atoms with E-state index in [2.05, 4.69) is 10.4 Å². The molecule has 0 aliphatic carbocycles. The number of halogens is 2. The molecule has 1 amide bonds. The first-order valence-electron chi connectivity index (χ1n) is 5.74. The van der Waals surface area contributed by atoms with E-state index >= 15 is 0 Å². The van der Waals surface area contributed by atoms with Crippen LogP contribution in [-0.2, 0) is 0 Å². The molecular formula is C13H13Cl2N3O. The summed E-state index contributed by atoms with van der Waals surface area (Å²) in [5.41, 5.74) is 3.87. The molecule has 0 fully saturated rings. The molecule has 1 aromatic heterocycles. The highest BCUT2D eigenvalue weighted by Crippen LogP contribution is 2.30. The molecule has 0 aliphatic heterocycles. The minimum Gasteiger partial charge on any atom is -0.290 e. The summed E-state index contributed by atoms with van der Waals surface area (Å²) in [7, 11) is 0. The number of fused-ring (bicyclic) bond motifs is 1. The fraction of sp³-hybridized carbons (Fsp3) is 0.231. The quantitative estimate of drug-likeness (QED) is 0.508. The Hall–Kier alpha value is -1.36. The van der Waals surface area contributed by atoms with Gasteiger partial charge in [0.15, 0.2) is 0 Å². The summed E-state index contributed by atoms with van der Waals surface area (Å²) in [6.07, 6.45) is 0. The van der Waals surface area contributed by atoms with Gasteiger partial charge in [0.05, 0.1) is 16.1 Å². The number of nitrogens with two attached hydrogens (primary N) is 1. The number of nitrogens with one attached hydrogen (secondary N) is 1. The molecular weight excluding hydrogens is 285 g/mol. The van der Waals surface area contributed by atoms with Gasteiger partial charge in [-0.05, 0) is 24.1 Å². The van der Waals surface area contributed by atoms with Crippen LogP contribution in [0.15, 0.2) is 18.2 Å².